The Morgan fingerprint density at radius 2 is 1.80 bits per heavy atom. The first-order valence-electron chi connectivity index (χ1n) is 6.89. The van der Waals surface area contributed by atoms with E-state index in [2.05, 4.69) is 57.0 Å². The van der Waals surface area contributed by atoms with Crippen LogP contribution in [0.15, 0.2) is 18.2 Å². The summed E-state index contributed by atoms with van der Waals surface area (Å²) in [6, 6.07) is 6.48. The van der Waals surface area contributed by atoms with Gasteiger partial charge in [0.2, 0.25) is 11.9 Å². The number of anilines is 3. The summed E-state index contributed by atoms with van der Waals surface area (Å²) in [7, 11) is 0. The van der Waals surface area contributed by atoms with E-state index in [1.807, 2.05) is 0 Å². The highest BCUT2D eigenvalue weighted by Crippen LogP contribution is 2.24. The summed E-state index contributed by atoms with van der Waals surface area (Å²) < 4.78 is 0. The number of nitrogens with one attached hydrogen (secondary N) is 1. The van der Waals surface area contributed by atoms with Crippen molar-refractivity contribution in [3.05, 3.63) is 29.3 Å². The van der Waals surface area contributed by atoms with Gasteiger partial charge in [0.05, 0.1) is 0 Å². The highest BCUT2D eigenvalue weighted by atomic mass is 15.4. The van der Waals surface area contributed by atoms with E-state index in [4.69, 9.17) is 5.73 Å². The number of aromatic amines is 1. The molecule has 106 valence electrons. The molecule has 1 fully saturated rings. The van der Waals surface area contributed by atoms with E-state index in [0.29, 0.717) is 11.9 Å². The molecule has 1 saturated heterocycles. The maximum atomic E-state index is 5.57. The molecule has 6 heteroatoms. The maximum Gasteiger partial charge on any atom is 0.246 e. The van der Waals surface area contributed by atoms with E-state index >= 15 is 0 Å². The Labute approximate surface area is 118 Å². The molecular formula is C14H20N6. The van der Waals surface area contributed by atoms with Gasteiger partial charge in [-0.3, -0.25) is 0 Å². The van der Waals surface area contributed by atoms with Crippen molar-refractivity contribution in [2.75, 3.05) is 41.7 Å². The summed E-state index contributed by atoms with van der Waals surface area (Å²) in [5.74, 6) is 1.07. The van der Waals surface area contributed by atoms with Gasteiger partial charge in [0.15, 0.2) is 0 Å². The maximum absolute atomic E-state index is 5.57. The fourth-order valence-electron chi connectivity index (χ4n) is 2.63. The van der Waals surface area contributed by atoms with Crippen molar-refractivity contribution >= 4 is 17.6 Å². The van der Waals surface area contributed by atoms with Gasteiger partial charge < -0.3 is 15.5 Å². The number of hydrogen-bond acceptors (Lipinski definition) is 5. The Morgan fingerprint density at radius 1 is 1.10 bits per heavy atom. The van der Waals surface area contributed by atoms with Crippen LogP contribution in [0.25, 0.3) is 0 Å². The molecule has 0 unspecified atom stereocenters. The second-order valence-corrected chi connectivity index (χ2v) is 5.21. The average Bonchev–Trinajstić information content (AvgIpc) is 2.89. The molecule has 20 heavy (non-hydrogen) atoms. The number of nitrogens with zero attached hydrogens (tertiary/aromatic N) is 4. The molecule has 3 rings (SSSR count). The normalized spacial score (nSPS) is 15.7. The number of aromatic nitrogens is 3. The Hall–Kier alpha value is -2.24. The number of rotatable bonds is 2. The lowest BCUT2D eigenvalue weighted by molar-refractivity contribution is 0.640. The van der Waals surface area contributed by atoms with E-state index in [1.54, 1.807) is 0 Å². The van der Waals surface area contributed by atoms with Crippen LogP contribution in [0.5, 0.6) is 0 Å². The summed E-state index contributed by atoms with van der Waals surface area (Å²) >= 11 is 0. The SMILES string of the molecule is Cc1cccc(N2CCN(c3n[nH]c(N)n3)CC2)c1C. The quantitative estimate of drug-likeness (QED) is 0.862. The van der Waals surface area contributed by atoms with Crippen LogP contribution in [0.1, 0.15) is 11.1 Å². The second-order valence-electron chi connectivity index (χ2n) is 5.21. The highest BCUT2D eigenvalue weighted by molar-refractivity contribution is 5.57. The first kappa shape index (κ1) is 12.8. The molecule has 6 nitrogen and oxygen atoms in total. The van der Waals surface area contributed by atoms with Crippen LogP contribution in [0.4, 0.5) is 17.6 Å². The van der Waals surface area contributed by atoms with Crippen molar-refractivity contribution < 1.29 is 0 Å². The van der Waals surface area contributed by atoms with Gasteiger partial charge >= 0.3 is 0 Å². The zero-order valence-corrected chi connectivity index (χ0v) is 11.9. The molecule has 0 atom stereocenters. The monoisotopic (exact) mass is 272 g/mol. The Bertz CT molecular complexity index is 597. The number of aryl methyl sites for hydroxylation is 1. The van der Waals surface area contributed by atoms with Crippen LogP contribution in [-0.2, 0) is 0 Å². The van der Waals surface area contributed by atoms with Crippen LogP contribution in [-0.4, -0.2) is 41.4 Å². The van der Waals surface area contributed by atoms with Crippen molar-refractivity contribution in [2.24, 2.45) is 0 Å². The number of H-pyrrole nitrogens is 1. The number of piperazine rings is 1. The van der Waals surface area contributed by atoms with Gasteiger partial charge in [0, 0.05) is 31.9 Å². The van der Waals surface area contributed by atoms with E-state index < -0.39 is 0 Å². The predicted molar refractivity (Wildman–Crippen MR) is 81.1 cm³/mol. The minimum Gasteiger partial charge on any atom is -0.368 e. The van der Waals surface area contributed by atoms with Gasteiger partial charge in [0.1, 0.15) is 0 Å². The molecule has 2 heterocycles. The molecule has 2 aromatic rings. The standard InChI is InChI=1S/C14H20N6/c1-10-4-3-5-12(11(10)2)19-6-8-20(9-7-19)14-16-13(15)17-18-14/h3-5H,6-9H2,1-2H3,(H3,15,16,17,18). The van der Waals surface area contributed by atoms with Gasteiger partial charge in [-0.1, -0.05) is 12.1 Å². The number of nitrogen functional groups attached to an aromatic ring is 1. The largest absolute Gasteiger partial charge is 0.368 e. The van der Waals surface area contributed by atoms with Crippen molar-refractivity contribution in [1.82, 2.24) is 15.2 Å². The van der Waals surface area contributed by atoms with Gasteiger partial charge in [-0.15, -0.1) is 5.10 Å². The molecule has 0 saturated carbocycles. The van der Waals surface area contributed by atoms with E-state index in [9.17, 15) is 0 Å². The minimum atomic E-state index is 0.372. The summed E-state index contributed by atoms with van der Waals surface area (Å²) in [6.45, 7) is 8.10. The molecule has 0 aliphatic carbocycles. The molecule has 1 aromatic heterocycles. The van der Waals surface area contributed by atoms with Crippen molar-refractivity contribution in [1.29, 1.82) is 0 Å². The lowest BCUT2D eigenvalue weighted by Crippen LogP contribution is -2.47. The predicted octanol–water partition coefficient (Wildman–Crippen LogP) is 1.33. The fraction of sp³-hybridized carbons (Fsp3) is 0.429. The van der Waals surface area contributed by atoms with Crippen LogP contribution >= 0.6 is 0 Å². The summed E-state index contributed by atoms with van der Waals surface area (Å²) in [5.41, 5.74) is 9.61. The molecule has 3 N–H and O–H groups in total. The van der Waals surface area contributed by atoms with Gasteiger partial charge in [-0.25, -0.2) is 5.10 Å². The molecule has 0 spiro atoms. The molecular weight excluding hydrogens is 252 g/mol. The van der Waals surface area contributed by atoms with E-state index in [-0.39, 0.29) is 0 Å². The Morgan fingerprint density at radius 3 is 2.45 bits per heavy atom. The molecule has 1 aliphatic rings. The zero-order valence-electron chi connectivity index (χ0n) is 11.9. The lowest BCUT2D eigenvalue weighted by Gasteiger charge is -2.36. The summed E-state index contributed by atoms with van der Waals surface area (Å²) in [5, 5.41) is 6.80. The first-order chi connectivity index (χ1) is 9.65. The van der Waals surface area contributed by atoms with Gasteiger partial charge in [-0.05, 0) is 31.0 Å². The third-order valence-electron chi connectivity index (χ3n) is 3.97. The van der Waals surface area contributed by atoms with Crippen molar-refractivity contribution in [3.63, 3.8) is 0 Å². The summed E-state index contributed by atoms with van der Waals surface area (Å²) in [4.78, 5) is 8.77. The Kier molecular flexibility index (Phi) is 3.22. The minimum absolute atomic E-state index is 0.372. The Balaban J connectivity index is 1.71. The van der Waals surface area contributed by atoms with Crippen LogP contribution in [0, 0.1) is 13.8 Å². The summed E-state index contributed by atoms with van der Waals surface area (Å²) in [6.07, 6.45) is 0. The van der Waals surface area contributed by atoms with E-state index in [1.165, 1.54) is 16.8 Å². The highest BCUT2D eigenvalue weighted by Gasteiger charge is 2.21. The van der Waals surface area contributed by atoms with E-state index in [0.717, 1.165) is 26.2 Å². The molecule has 0 radical (unpaired) electrons. The molecule has 0 amide bonds. The van der Waals surface area contributed by atoms with Crippen LogP contribution in [0.2, 0.25) is 0 Å². The lowest BCUT2D eigenvalue weighted by atomic mass is 10.1. The van der Waals surface area contributed by atoms with Gasteiger partial charge in [0.25, 0.3) is 0 Å². The zero-order chi connectivity index (χ0) is 14.1. The molecule has 1 aromatic carbocycles. The smallest absolute Gasteiger partial charge is 0.246 e. The number of benzene rings is 1. The topological polar surface area (TPSA) is 74.1 Å². The van der Waals surface area contributed by atoms with Gasteiger partial charge in [-0.2, -0.15) is 4.98 Å². The van der Waals surface area contributed by atoms with Crippen LogP contribution in [0.3, 0.4) is 0 Å². The number of hydrogen-bond donors (Lipinski definition) is 2. The average molecular weight is 272 g/mol. The second kappa shape index (κ2) is 5.03. The van der Waals surface area contributed by atoms with Crippen molar-refractivity contribution in [3.8, 4) is 0 Å². The number of nitrogens with two attached hydrogens (primary N) is 1. The van der Waals surface area contributed by atoms with Crippen LogP contribution < -0.4 is 15.5 Å². The first-order valence-corrected chi connectivity index (χ1v) is 6.89. The third kappa shape index (κ3) is 2.29. The molecule has 1 aliphatic heterocycles. The fourth-order valence-corrected chi connectivity index (χ4v) is 2.63. The molecule has 0 bridgehead atoms. The third-order valence-corrected chi connectivity index (χ3v) is 3.97. The van der Waals surface area contributed by atoms with Crippen molar-refractivity contribution in [2.45, 2.75) is 13.8 Å².